The second kappa shape index (κ2) is 14.7. The maximum atomic E-state index is 2.78. The van der Waals surface area contributed by atoms with Gasteiger partial charge in [0, 0.05) is 44.8 Å². The molecule has 0 atom stereocenters. The Bertz CT molecular complexity index is 3150. The number of aromatic nitrogens is 1. The number of hydrogen-bond acceptors (Lipinski definition) is 1. The summed E-state index contributed by atoms with van der Waals surface area (Å²) in [6.45, 7) is 32.5. The summed E-state index contributed by atoms with van der Waals surface area (Å²) in [5, 5.41) is 1.30. The van der Waals surface area contributed by atoms with Gasteiger partial charge < -0.3 is 9.38 Å². The zero-order valence-electron chi connectivity index (χ0n) is 41.3. The van der Waals surface area contributed by atoms with Gasteiger partial charge in [-0.1, -0.05) is 186 Å². The molecular weight excluding hydrogens is 784 g/mol. The lowest BCUT2D eigenvalue weighted by Gasteiger charge is -2.42. The number of rotatable bonds is 4. The first-order chi connectivity index (χ1) is 30.6. The summed E-state index contributed by atoms with van der Waals surface area (Å²) < 4.78 is 2.78. The number of fused-ring (bicyclic) bond motifs is 4. The van der Waals surface area contributed by atoms with Crippen molar-refractivity contribution in [2.45, 2.75) is 119 Å². The second-order valence-electron chi connectivity index (χ2n) is 23.2. The Morgan fingerprint density at radius 3 is 1.57 bits per heavy atom. The molecule has 0 fully saturated rings. The molecule has 2 aliphatic rings. The fourth-order valence-electron chi connectivity index (χ4n) is 10.7. The summed E-state index contributed by atoms with van der Waals surface area (Å²) in [4.78, 5) is 2.59. The van der Waals surface area contributed by atoms with E-state index in [1.807, 2.05) is 0 Å². The summed E-state index contributed by atoms with van der Waals surface area (Å²) in [5.74, 6) is 0. The van der Waals surface area contributed by atoms with E-state index >= 15 is 0 Å². The topological polar surface area (TPSA) is 8.17 Å². The molecule has 8 aromatic rings. The van der Waals surface area contributed by atoms with Crippen LogP contribution in [0.15, 0.2) is 140 Å². The van der Waals surface area contributed by atoms with Gasteiger partial charge in [-0.05, 0) is 144 Å². The van der Waals surface area contributed by atoms with Crippen molar-refractivity contribution in [1.82, 2.24) is 4.48 Å². The van der Waals surface area contributed by atoms with Crippen molar-refractivity contribution >= 4 is 45.7 Å². The molecule has 3 heterocycles. The Balaban J connectivity index is 1.42. The van der Waals surface area contributed by atoms with Crippen molar-refractivity contribution in [2.24, 2.45) is 0 Å². The molecule has 326 valence electrons. The van der Waals surface area contributed by atoms with Crippen molar-refractivity contribution in [1.29, 1.82) is 0 Å². The van der Waals surface area contributed by atoms with Crippen LogP contribution < -0.4 is 15.8 Å². The van der Waals surface area contributed by atoms with Crippen molar-refractivity contribution in [2.75, 3.05) is 4.90 Å². The number of benzene rings is 7. The van der Waals surface area contributed by atoms with Gasteiger partial charge in [-0.2, -0.15) is 0 Å². The summed E-state index contributed by atoms with van der Waals surface area (Å²) in [6, 6.07) is 54.3. The molecule has 0 unspecified atom stereocenters. The molecule has 0 aliphatic carbocycles. The van der Waals surface area contributed by atoms with Crippen LogP contribution in [0.25, 0.3) is 55.5 Å². The molecular formula is C62H65BN2. The molecule has 0 saturated heterocycles. The summed E-state index contributed by atoms with van der Waals surface area (Å²) in [6.07, 6.45) is 0. The Morgan fingerprint density at radius 1 is 0.415 bits per heavy atom. The lowest BCUT2D eigenvalue weighted by molar-refractivity contribution is 0.589. The van der Waals surface area contributed by atoms with Crippen LogP contribution in [-0.4, -0.2) is 11.3 Å². The highest BCUT2D eigenvalue weighted by Gasteiger charge is 2.45. The average Bonchev–Trinajstić information content (AvgIpc) is 3.58. The molecule has 7 aromatic carbocycles. The SMILES string of the molecule is Cc1cccc(C)c1-c1c(-c2ccccc2)n2c3c(cc(-c4ccc(C(C)(C)C)cc4)cc13)-c1cc(C(C)(C)C)cc3c1B2c1cc(C(C)(C)C)ccc1N3c1ccc(C(C)(C)C)cc1. The first-order valence-corrected chi connectivity index (χ1v) is 23.8. The largest absolute Gasteiger partial charge is 0.375 e. The third-order valence-electron chi connectivity index (χ3n) is 14.5. The van der Waals surface area contributed by atoms with Crippen LogP contribution in [-0.2, 0) is 21.7 Å². The predicted octanol–water partition coefficient (Wildman–Crippen LogP) is 15.9. The van der Waals surface area contributed by atoms with Crippen LogP contribution in [0.1, 0.15) is 116 Å². The molecule has 0 spiro atoms. The van der Waals surface area contributed by atoms with E-state index < -0.39 is 0 Å². The first kappa shape index (κ1) is 42.9. The van der Waals surface area contributed by atoms with Crippen molar-refractivity contribution in [3.63, 3.8) is 0 Å². The highest BCUT2D eigenvalue weighted by atomic mass is 15.2. The lowest BCUT2D eigenvalue weighted by Crippen LogP contribution is -2.57. The number of aryl methyl sites for hydroxylation is 2. The lowest BCUT2D eigenvalue weighted by atomic mass is 9.44. The van der Waals surface area contributed by atoms with E-state index in [2.05, 4.69) is 246 Å². The maximum absolute atomic E-state index is 2.78. The Morgan fingerprint density at radius 2 is 0.985 bits per heavy atom. The molecule has 0 saturated carbocycles. The zero-order chi connectivity index (χ0) is 46.1. The van der Waals surface area contributed by atoms with Gasteiger partial charge in [0.15, 0.2) is 0 Å². The molecule has 1 aromatic heterocycles. The zero-order valence-corrected chi connectivity index (χ0v) is 41.3. The normalized spacial score (nSPS) is 13.6. The van der Waals surface area contributed by atoms with Crippen LogP contribution in [0.5, 0.6) is 0 Å². The summed E-state index contributed by atoms with van der Waals surface area (Å²) >= 11 is 0. The first-order valence-electron chi connectivity index (χ1n) is 23.8. The van der Waals surface area contributed by atoms with Gasteiger partial charge in [-0.3, -0.25) is 0 Å². The van der Waals surface area contributed by atoms with Crippen molar-refractivity contribution in [3.8, 4) is 44.6 Å². The Kier molecular flexibility index (Phi) is 9.71. The predicted molar refractivity (Wildman–Crippen MR) is 283 cm³/mol. The molecule has 0 bridgehead atoms. The quantitative estimate of drug-likeness (QED) is 0.160. The van der Waals surface area contributed by atoms with Crippen LogP contribution in [0.2, 0.25) is 0 Å². The second-order valence-corrected chi connectivity index (χ2v) is 23.2. The van der Waals surface area contributed by atoms with Gasteiger partial charge in [0.2, 0.25) is 0 Å². The van der Waals surface area contributed by atoms with E-state index in [0.717, 1.165) is 0 Å². The molecule has 0 radical (unpaired) electrons. The van der Waals surface area contributed by atoms with Gasteiger partial charge in [-0.25, -0.2) is 0 Å². The minimum absolute atomic E-state index is 0.0465. The number of nitrogens with zero attached hydrogens (tertiary/aromatic N) is 2. The van der Waals surface area contributed by atoms with E-state index in [-0.39, 0.29) is 28.5 Å². The number of anilines is 3. The fourth-order valence-corrected chi connectivity index (χ4v) is 10.7. The third-order valence-corrected chi connectivity index (χ3v) is 14.5. The number of hydrogen-bond donors (Lipinski definition) is 0. The molecule has 65 heavy (non-hydrogen) atoms. The highest BCUT2D eigenvalue weighted by Crippen LogP contribution is 2.52. The smallest absolute Gasteiger partial charge is 0.333 e. The fraction of sp³-hybridized carbons (Fsp3) is 0.290. The molecule has 10 rings (SSSR count). The van der Waals surface area contributed by atoms with Crippen LogP contribution in [0.3, 0.4) is 0 Å². The van der Waals surface area contributed by atoms with Crippen LogP contribution >= 0.6 is 0 Å². The van der Waals surface area contributed by atoms with Gasteiger partial charge in [0.05, 0.1) is 0 Å². The molecule has 0 N–H and O–H groups in total. The van der Waals surface area contributed by atoms with Crippen molar-refractivity contribution in [3.05, 3.63) is 173 Å². The summed E-state index contributed by atoms with van der Waals surface area (Å²) in [5.41, 5.74) is 25.8. The monoisotopic (exact) mass is 849 g/mol. The van der Waals surface area contributed by atoms with Crippen molar-refractivity contribution < 1.29 is 0 Å². The summed E-state index contributed by atoms with van der Waals surface area (Å²) in [7, 11) is 0. The Hall–Kier alpha value is -6.06. The average molecular weight is 849 g/mol. The van der Waals surface area contributed by atoms with Crippen LogP contribution in [0, 0.1) is 13.8 Å². The van der Waals surface area contributed by atoms with Crippen LogP contribution in [0.4, 0.5) is 17.1 Å². The molecule has 2 aliphatic heterocycles. The van der Waals surface area contributed by atoms with Gasteiger partial charge in [-0.15, -0.1) is 0 Å². The van der Waals surface area contributed by atoms with Gasteiger partial charge in [0.25, 0.3) is 0 Å². The van der Waals surface area contributed by atoms with E-state index in [9.17, 15) is 0 Å². The molecule has 0 amide bonds. The van der Waals surface area contributed by atoms with E-state index in [4.69, 9.17) is 0 Å². The van der Waals surface area contributed by atoms with E-state index in [0.29, 0.717) is 0 Å². The maximum Gasteiger partial charge on any atom is 0.333 e. The molecule has 2 nitrogen and oxygen atoms in total. The third kappa shape index (κ3) is 7.00. The van der Waals surface area contributed by atoms with Gasteiger partial charge >= 0.3 is 6.85 Å². The minimum atomic E-state index is -0.100. The van der Waals surface area contributed by atoms with E-state index in [1.165, 1.54) is 117 Å². The minimum Gasteiger partial charge on any atom is -0.375 e. The highest BCUT2D eigenvalue weighted by molar-refractivity contribution is 6.90. The van der Waals surface area contributed by atoms with Gasteiger partial charge in [0.1, 0.15) is 0 Å². The van der Waals surface area contributed by atoms with E-state index in [1.54, 1.807) is 0 Å². The Labute approximate surface area is 389 Å². The molecule has 3 heteroatoms. The standard InChI is InChI=1S/C62H65BN2/c1-38-19-18-20-39(2)54(38)55-50-34-42(40-23-25-43(26-24-40)59(3,4)5)33-49-48-35-46(62(12,13)14)37-53-56(48)63(65(58(49)50)57(55)41-21-16-15-17-22-41)51-36-45(61(9,10)11)29-32-52(51)64(53)47-30-27-44(28-31-47)60(6,7)8/h15-37H,1-14H3.